The fraction of sp³-hybridized carbons (Fsp3) is 0.571. The highest BCUT2D eigenvalue weighted by atomic mass is 28.4. The maximum atomic E-state index is 6.22. The van der Waals surface area contributed by atoms with Crippen molar-refractivity contribution in [2.75, 3.05) is 6.61 Å². The van der Waals surface area contributed by atoms with Crippen LogP contribution in [0.3, 0.4) is 0 Å². The quantitative estimate of drug-likeness (QED) is 0.643. The van der Waals surface area contributed by atoms with Crippen molar-refractivity contribution in [1.29, 1.82) is 0 Å². The minimum absolute atomic E-state index is 0.895. The van der Waals surface area contributed by atoms with E-state index in [-0.39, 0.29) is 0 Å². The topological polar surface area (TPSA) is 9.23 Å². The molecule has 16 heavy (non-hydrogen) atoms. The molecule has 0 heterocycles. The molecule has 90 valence electrons. The summed E-state index contributed by atoms with van der Waals surface area (Å²) in [6.07, 6.45) is 1.05. The van der Waals surface area contributed by atoms with Crippen LogP contribution in [0.1, 0.15) is 26.3 Å². The number of hydrogen-bond acceptors (Lipinski definition) is 1. The summed E-state index contributed by atoms with van der Waals surface area (Å²) in [5, 5.41) is 0. The Morgan fingerprint density at radius 1 is 0.938 bits per heavy atom. The molecular formula is C14H24OSi. The molecule has 0 atom stereocenters. The van der Waals surface area contributed by atoms with Crippen molar-refractivity contribution >= 4 is 8.32 Å². The predicted molar refractivity (Wildman–Crippen MR) is 73.3 cm³/mol. The summed E-state index contributed by atoms with van der Waals surface area (Å²) in [5.74, 6) is 0. The van der Waals surface area contributed by atoms with Gasteiger partial charge in [-0.1, -0.05) is 51.1 Å². The lowest BCUT2D eigenvalue weighted by atomic mass is 10.2. The Balaban J connectivity index is 2.39. The second-order valence-electron chi connectivity index (χ2n) is 4.33. The highest BCUT2D eigenvalue weighted by Crippen LogP contribution is 2.21. The van der Waals surface area contributed by atoms with Crippen molar-refractivity contribution in [1.82, 2.24) is 0 Å². The first-order valence-corrected chi connectivity index (χ1v) is 8.97. The molecule has 0 spiro atoms. The summed E-state index contributed by atoms with van der Waals surface area (Å²) in [7, 11) is -1.37. The molecule has 0 amide bonds. The summed E-state index contributed by atoms with van der Waals surface area (Å²) in [5.41, 5.74) is 1.38. The molecule has 0 fully saturated rings. The van der Waals surface area contributed by atoms with Gasteiger partial charge in [-0.2, -0.15) is 0 Å². The highest BCUT2D eigenvalue weighted by Gasteiger charge is 2.28. The standard InChI is InChI=1S/C14H24OSi/c1-4-16(5-2,6-3)15-13-12-14-10-8-7-9-11-14/h7-11H,4-6,12-13H2,1-3H3. The Labute approximate surface area is 101 Å². The SMILES string of the molecule is CC[Si](CC)(CC)OCCc1ccccc1. The molecule has 0 aliphatic heterocycles. The zero-order chi connectivity index (χ0) is 11.9. The van der Waals surface area contributed by atoms with Crippen molar-refractivity contribution in [2.45, 2.75) is 45.3 Å². The summed E-state index contributed by atoms with van der Waals surface area (Å²) >= 11 is 0. The van der Waals surface area contributed by atoms with E-state index in [0.717, 1.165) is 13.0 Å². The fourth-order valence-corrected chi connectivity index (χ4v) is 4.73. The largest absolute Gasteiger partial charge is 0.416 e. The average Bonchev–Trinajstić information content (AvgIpc) is 2.37. The minimum atomic E-state index is -1.37. The van der Waals surface area contributed by atoms with E-state index in [4.69, 9.17) is 4.43 Å². The summed E-state index contributed by atoms with van der Waals surface area (Å²) in [6, 6.07) is 14.3. The number of rotatable bonds is 7. The van der Waals surface area contributed by atoms with Gasteiger partial charge in [-0.15, -0.1) is 0 Å². The smallest absolute Gasteiger partial charge is 0.191 e. The third kappa shape index (κ3) is 3.76. The zero-order valence-electron chi connectivity index (χ0n) is 10.8. The van der Waals surface area contributed by atoms with Crippen LogP contribution in [0.5, 0.6) is 0 Å². The van der Waals surface area contributed by atoms with E-state index >= 15 is 0 Å². The molecule has 0 radical (unpaired) electrons. The number of hydrogen-bond donors (Lipinski definition) is 0. The Morgan fingerprint density at radius 2 is 1.50 bits per heavy atom. The molecule has 0 N–H and O–H groups in total. The van der Waals surface area contributed by atoms with Gasteiger partial charge in [0, 0.05) is 6.61 Å². The van der Waals surface area contributed by atoms with Gasteiger partial charge in [0.2, 0.25) is 0 Å². The first-order chi connectivity index (χ1) is 7.76. The lowest BCUT2D eigenvalue weighted by Gasteiger charge is -2.27. The van der Waals surface area contributed by atoms with Gasteiger partial charge in [0.25, 0.3) is 0 Å². The van der Waals surface area contributed by atoms with Crippen LogP contribution in [-0.4, -0.2) is 14.9 Å². The van der Waals surface area contributed by atoms with Crippen LogP contribution in [0.2, 0.25) is 18.1 Å². The molecular weight excluding hydrogens is 212 g/mol. The second-order valence-corrected chi connectivity index (χ2v) is 9.10. The molecule has 0 saturated carbocycles. The molecule has 0 aromatic heterocycles. The lowest BCUT2D eigenvalue weighted by Crippen LogP contribution is -2.36. The van der Waals surface area contributed by atoms with Gasteiger partial charge < -0.3 is 4.43 Å². The normalized spacial score (nSPS) is 11.7. The molecule has 1 aromatic carbocycles. The first kappa shape index (κ1) is 13.5. The Hall–Kier alpha value is -0.603. The fourth-order valence-electron chi connectivity index (χ4n) is 2.09. The van der Waals surface area contributed by atoms with Crippen LogP contribution in [-0.2, 0) is 10.8 Å². The molecule has 0 unspecified atom stereocenters. The van der Waals surface area contributed by atoms with E-state index in [1.165, 1.54) is 23.7 Å². The molecule has 2 heteroatoms. The van der Waals surface area contributed by atoms with Gasteiger partial charge >= 0.3 is 0 Å². The Bertz CT molecular complexity index is 272. The lowest BCUT2D eigenvalue weighted by molar-refractivity contribution is 0.303. The van der Waals surface area contributed by atoms with E-state index in [2.05, 4.69) is 51.1 Å². The van der Waals surface area contributed by atoms with Crippen molar-refractivity contribution in [2.24, 2.45) is 0 Å². The van der Waals surface area contributed by atoms with Gasteiger partial charge in [0.1, 0.15) is 0 Å². The minimum Gasteiger partial charge on any atom is -0.416 e. The van der Waals surface area contributed by atoms with Crippen molar-refractivity contribution in [3.63, 3.8) is 0 Å². The molecule has 0 saturated heterocycles. The Morgan fingerprint density at radius 3 is 2.00 bits per heavy atom. The summed E-state index contributed by atoms with van der Waals surface area (Å²) in [4.78, 5) is 0. The van der Waals surface area contributed by atoms with Gasteiger partial charge in [0.05, 0.1) is 0 Å². The van der Waals surface area contributed by atoms with Crippen LogP contribution in [0.25, 0.3) is 0 Å². The Kier molecular flexibility index (Phi) is 5.78. The van der Waals surface area contributed by atoms with Gasteiger partial charge in [-0.25, -0.2) is 0 Å². The van der Waals surface area contributed by atoms with Gasteiger partial charge in [-0.3, -0.25) is 0 Å². The van der Waals surface area contributed by atoms with E-state index in [1.807, 2.05) is 0 Å². The van der Waals surface area contributed by atoms with E-state index < -0.39 is 8.32 Å². The predicted octanol–water partition coefficient (Wildman–Crippen LogP) is 4.25. The molecule has 1 nitrogen and oxygen atoms in total. The zero-order valence-corrected chi connectivity index (χ0v) is 11.8. The van der Waals surface area contributed by atoms with Crippen LogP contribution >= 0.6 is 0 Å². The molecule has 1 rings (SSSR count). The van der Waals surface area contributed by atoms with Crippen molar-refractivity contribution in [3.05, 3.63) is 35.9 Å². The monoisotopic (exact) mass is 236 g/mol. The van der Waals surface area contributed by atoms with Crippen molar-refractivity contribution in [3.8, 4) is 0 Å². The summed E-state index contributed by atoms with van der Waals surface area (Å²) < 4.78 is 6.22. The average molecular weight is 236 g/mol. The molecule has 0 aliphatic carbocycles. The molecule has 1 aromatic rings. The van der Waals surface area contributed by atoms with E-state index in [9.17, 15) is 0 Å². The van der Waals surface area contributed by atoms with Crippen LogP contribution in [0.4, 0.5) is 0 Å². The van der Waals surface area contributed by atoms with Crippen LogP contribution < -0.4 is 0 Å². The van der Waals surface area contributed by atoms with Crippen LogP contribution in [0, 0.1) is 0 Å². The maximum absolute atomic E-state index is 6.22. The first-order valence-electron chi connectivity index (χ1n) is 6.44. The maximum Gasteiger partial charge on any atom is 0.191 e. The second kappa shape index (κ2) is 6.87. The van der Waals surface area contributed by atoms with Crippen LogP contribution in [0.15, 0.2) is 30.3 Å². The summed E-state index contributed by atoms with van der Waals surface area (Å²) in [6.45, 7) is 7.73. The van der Waals surface area contributed by atoms with E-state index in [1.54, 1.807) is 0 Å². The van der Waals surface area contributed by atoms with E-state index in [0.29, 0.717) is 0 Å². The van der Waals surface area contributed by atoms with Crippen molar-refractivity contribution < 1.29 is 4.43 Å². The van der Waals surface area contributed by atoms with Gasteiger partial charge in [0.15, 0.2) is 8.32 Å². The third-order valence-corrected chi connectivity index (χ3v) is 8.26. The molecule has 0 aliphatic rings. The third-order valence-electron chi connectivity index (χ3n) is 3.57. The highest BCUT2D eigenvalue weighted by molar-refractivity contribution is 6.73. The number of benzene rings is 1. The van der Waals surface area contributed by atoms with Gasteiger partial charge in [-0.05, 0) is 30.1 Å². The molecule has 0 bridgehead atoms.